The molecule has 0 aromatic carbocycles. The summed E-state index contributed by atoms with van der Waals surface area (Å²) in [6.07, 6.45) is -0.756. The zero-order valence-corrected chi connectivity index (χ0v) is 14.7. The Morgan fingerprint density at radius 2 is 1.75 bits per heavy atom. The normalized spacial score (nSPS) is 10.4. The first-order chi connectivity index (χ1) is 11.0. The molecule has 0 radical (unpaired) electrons. The zero-order chi connectivity index (χ0) is 18.9. The van der Waals surface area contributed by atoms with Gasteiger partial charge in [0, 0.05) is 7.05 Å². The molecule has 0 aromatic heterocycles. The SMILES string of the molecule is C=C(NC(=O)CNC(=O)OC(C)(C)C)C(=O)N(C)CC(=O)OCC. The van der Waals surface area contributed by atoms with E-state index in [1.807, 2.05) is 0 Å². The second kappa shape index (κ2) is 9.53. The lowest BCUT2D eigenvalue weighted by Gasteiger charge is -2.20. The monoisotopic (exact) mass is 343 g/mol. The summed E-state index contributed by atoms with van der Waals surface area (Å²) in [7, 11) is 1.37. The van der Waals surface area contributed by atoms with Crippen LogP contribution in [0.2, 0.25) is 0 Å². The lowest BCUT2D eigenvalue weighted by atomic mass is 10.2. The van der Waals surface area contributed by atoms with Gasteiger partial charge in [0.25, 0.3) is 5.91 Å². The maximum absolute atomic E-state index is 11.9. The number of carbonyl (C=O) groups excluding carboxylic acids is 4. The topological polar surface area (TPSA) is 114 Å². The van der Waals surface area contributed by atoms with Crippen molar-refractivity contribution in [2.45, 2.75) is 33.3 Å². The standard InChI is InChI=1S/C15H25N3O6/c1-7-23-12(20)9-18(6)13(21)10(2)17-11(19)8-16-14(22)24-15(3,4)5/h2,7-9H2,1,3-6H3,(H,16,22)(H,17,19). The van der Waals surface area contributed by atoms with Crippen molar-refractivity contribution < 1.29 is 28.7 Å². The number of nitrogens with one attached hydrogen (secondary N) is 2. The zero-order valence-electron chi connectivity index (χ0n) is 14.7. The highest BCUT2D eigenvalue weighted by atomic mass is 16.6. The average molecular weight is 343 g/mol. The van der Waals surface area contributed by atoms with Crippen LogP contribution in [0.15, 0.2) is 12.3 Å². The van der Waals surface area contributed by atoms with Gasteiger partial charge in [0.2, 0.25) is 5.91 Å². The summed E-state index contributed by atoms with van der Waals surface area (Å²) >= 11 is 0. The predicted molar refractivity (Wildman–Crippen MR) is 85.8 cm³/mol. The van der Waals surface area contributed by atoms with Gasteiger partial charge in [-0.1, -0.05) is 6.58 Å². The molecular weight excluding hydrogens is 318 g/mol. The quantitative estimate of drug-likeness (QED) is 0.503. The van der Waals surface area contributed by atoms with Crippen molar-refractivity contribution in [3.05, 3.63) is 12.3 Å². The Kier molecular flexibility index (Phi) is 8.51. The molecule has 0 saturated heterocycles. The maximum atomic E-state index is 11.9. The van der Waals surface area contributed by atoms with E-state index in [0.717, 1.165) is 4.90 Å². The largest absolute Gasteiger partial charge is 0.465 e. The molecule has 0 bridgehead atoms. The van der Waals surface area contributed by atoms with Crippen LogP contribution in [0.25, 0.3) is 0 Å². The van der Waals surface area contributed by atoms with E-state index in [2.05, 4.69) is 17.2 Å². The summed E-state index contributed by atoms with van der Waals surface area (Å²) < 4.78 is 9.68. The van der Waals surface area contributed by atoms with Crippen molar-refractivity contribution >= 4 is 23.9 Å². The Morgan fingerprint density at radius 1 is 1.17 bits per heavy atom. The van der Waals surface area contributed by atoms with Gasteiger partial charge in [-0.05, 0) is 27.7 Å². The molecule has 0 unspecified atom stereocenters. The molecule has 2 N–H and O–H groups in total. The molecule has 9 heteroatoms. The van der Waals surface area contributed by atoms with Crippen LogP contribution in [0.4, 0.5) is 4.79 Å². The second-order valence-corrected chi connectivity index (χ2v) is 5.85. The molecule has 0 saturated carbocycles. The molecule has 0 aliphatic rings. The van der Waals surface area contributed by atoms with E-state index < -0.39 is 29.5 Å². The molecule has 0 spiro atoms. The van der Waals surface area contributed by atoms with E-state index in [0.29, 0.717) is 0 Å². The van der Waals surface area contributed by atoms with Crippen LogP contribution in [0.1, 0.15) is 27.7 Å². The van der Waals surface area contributed by atoms with Gasteiger partial charge in [0.15, 0.2) is 0 Å². The molecule has 0 aliphatic heterocycles. The Hall–Kier alpha value is -2.58. The minimum absolute atomic E-state index is 0.203. The molecule has 0 aliphatic carbocycles. The summed E-state index contributed by atoms with van der Waals surface area (Å²) in [6.45, 7) is 9.70. The van der Waals surface area contributed by atoms with Crippen molar-refractivity contribution in [2.24, 2.45) is 0 Å². The van der Waals surface area contributed by atoms with Crippen LogP contribution in [0.5, 0.6) is 0 Å². The van der Waals surface area contributed by atoms with E-state index in [1.165, 1.54) is 7.05 Å². The number of hydrogen-bond donors (Lipinski definition) is 2. The van der Waals surface area contributed by atoms with Crippen LogP contribution < -0.4 is 10.6 Å². The summed E-state index contributed by atoms with van der Waals surface area (Å²) in [5, 5.41) is 4.49. The van der Waals surface area contributed by atoms with Crippen LogP contribution in [0, 0.1) is 0 Å². The van der Waals surface area contributed by atoms with Crippen molar-refractivity contribution in [3.8, 4) is 0 Å². The fraction of sp³-hybridized carbons (Fsp3) is 0.600. The highest BCUT2D eigenvalue weighted by Crippen LogP contribution is 2.06. The number of nitrogens with zero attached hydrogens (tertiary/aromatic N) is 1. The first kappa shape index (κ1) is 21.4. The number of hydrogen-bond acceptors (Lipinski definition) is 6. The van der Waals surface area contributed by atoms with Gasteiger partial charge >= 0.3 is 12.1 Å². The molecule has 0 fully saturated rings. The fourth-order valence-corrected chi connectivity index (χ4v) is 1.44. The Bertz CT molecular complexity index is 510. The van der Waals surface area contributed by atoms with Gasteiger partial charge in [-0.25, -0.2) is 4.79 Å². The molecule has 0 atom stereocenters. The first-order valence-corrected chi connectivity index (χ1v) is 7.33. The van der Waals surface area contributed by atoms with Crippen molar-refractivity contribution in [3.63, 3.8) is 0 Å². The summed E-state index contributed by atoms with van der Waals surface area (Å²) in [4.78, 5) is 47.4. The smallest absolute Gasteiger partial charge is 0.408 e. The minimum atomic E-state index is -0.756. The van der Waals surface area contributed by atoms with E-state index >= 15 is 0 Å². The van der Waals surface area contributed by atoms with Gasteiger partial charge < -0.3 is 25.0 Å². The third-order valence-electron chi connectivity index (χ3n) is 2.36. The van der Waals surface area contributed by atoms with Gasteiger partial charge in [-0.15, -0.1) is 0 Å². The predicted octanol–water partition coefficient (Wildman–Crippen LogP) is 0.163. The lowest BCUT2D eigenvalue weighted by Crippen LogP contribution is -2.43. The Labute approximate surface area is 141 Å². The van der Waals surface area contributed by atoms with E-state index in [1.54, 1.807) is 27.7 Å². The van der Waals surface area contributed by atoms with Gasteiger partial charge in [-0.3, -0.25) is 14.4 Å². The second-order valence-electron chi connectivity index (χ2n) is 5.85. The minimum Gasteiger partial charge on any atom is -0.465 e. The number of esters is 1. The summed E-state index contributed by atoms with van der Waals surface area (Å²) in [5.41, 5.74) is -0.909. The van der Waals surface area contributed by atoms with E-state index in [-0.39, 0.29) is 25.4 Å². The number of likely N-dealkylation sites (N-methyl/N-ethyl adjacent to an activating group) is 1. The lowest BCUT2D eigenvalue weighted by molar-refractivity contribution is -0.147. The van der Waals surface area contributed by atoms with Gasteiger partial charge in [0.05, 0.1) is 12.3 Å². The summed E-state index contributed by atoms with van der Waals surface area (Å²) in [6, 6.07) is 0. The summed E-state index contributed by atoms with van der Waals surface area (Å²) in [5.74, 6) is -1.86. The van der Waals surface area contributed by atoms with Crippen LogP contribution in [-0.4, -0.2) is 61.1 Å². The number of carbonyl (C=O) groups is 4. The first-order valence-electron chi connectivity index (χ1n) is 7.33. The number of ether oxygens (including phenoxy) is 2. The number of alkyl carbamates (subject to hydrolysis) is 1. The molecule has 0 rings (SSSR count). The fourth-order valence-electron chi connectivity index (χ4n) is 1.44. The molecule has 0 heterocycles. The highest BCUT2D eigenvalue weighted by Gasteiger charge is 2.19. The molecular formula is C15H25N3O6. The number of rotatable bonds is 7. The number of amides is 3. The Morgan fingerprint density at radius 3 is 2.25 bits per heavy atom. The van der Waals surface area contributed by atoms with E-state index in [9.17, 15) is 19.2 Å². The molecule has 136 valence electrons. The van der Waals surface area contributed by atoms with Crippen LogP contribution >= 0.6 is 0 Å². The third-order valence-corrected chi connectivity index (χ3v) is 2.36. The van der Waals surface area contributed by atoms with Crippen LogP contribution in [-0.2, 0) is 23.9 Å². The van der Waals surface area contributed by atoms with Crippen molar-refractivity contribution in [2.75, 3.05) is 26.7 Å². The molecule has 3 amide bonds. The highest BCUT2D eigenvalue weighted by molar-refractivity contribution is 5.98. The van der Waals surface area contributed by atoms with Crippen LogP contribution in [0.3, 0.4) is 0 Å². The maximum Gasteiger partial charge on any atom is 0.408 e. The molecule has 24 heavy (non-hydrogen) atoms. The van der Waals surface area contributed by atoms with E-state index in [4.69, 9.17) is 9.47 Å². The molecule has 9 nitrogen and oxygen atoms in total. The van der Waals surface area contributed by atoms with Gasteiger partial charge in [-0.2, -0.15) is 0 Å². The average Bonchev–Trinajstić information content (AvgIpc) is 2.42. The third kappa shape index (κ3) is 9.44. The van der Waals surface area contributed by atoms with Crippen molar-refractivity contribution in [1.29, 1.82) is 0 Å². The Balaban J connectivity index is 4.30. The van der Waals surface area contributed by atoms with Crippen molar-refractivity contribution in [1.82, 2.24) is 15.5 Å². The molecule has 0 aromatic rings. The van der Waals surface area contributed by atoms with Gasteiger partial charge in [0.1, 0.15) is 18.7 Å².